The van der Waals surface area contributed by atoms with Crippen LogP contribution in [0.5, 0.6) is 0 Å². The molecule has 0 bridgehead atoms. The van der Waals surface area contributed by atoms with Gasteiger partial charge in [0.15, 0.2) is 0 Å². The van der Waals surface area contributed by atoms with Crippen molar-refractivity contribution < 1.29 is 19.1 Å². The number of halogens is 1. The van der Waals surface area contributed by atoms with Crippen LogP contribution in [0.1, 0.15) is 25.3 Å². The van der Waals surface area contributed by atoms with E-state index in [9.17, 15) is 9.59 Å². The van der Waals surface area contributed by atoms with E-state index in [2.05, 4.69) is 0 Å². The zero-order valence-electron chi connectivity index (χ0n) is 15.8. The van der Waals surface area contributed by atoms with Gasteiger partial charge >= 0.3 is 12.0 Å². The number of anilines is 1. The first-order chi connectivity index (χ1) is 13.3. The van der Waals surface area contributed by atoms with E-state index in [0.29, 0.717) is 10.7 Å². The summed E-state index contributed by atoms with van der Waals surface area (Å²) < 4.78 is 11.1. The average Bonchev–Trinajstić information content (AvgIpc) is 2.94. The molecule has 3 rings (SSSR count). The monoisotopic (exact) mass is 400 g/mol. The van der Waals surface area contributed by atoms with Crippen LogP contribution in [0.15, 0.2) is 66.1 Å². The maximum Gasteiger partial charge on any atom is 0.339 e. The van der Waals surface area contributed by atoms with E-state index in [1.807, 2.05) is 44.2 Å². The molecule has 0 spiro atoms. The third-order valence-corrected chi connectivity index (χ3v) is 4.95. The number of rotatable bonds is 4. The molecule has 6 nitrogen and oxygen atoms in total. The Morgan fingerprint density at radius 3 is 2.29 bits per heavy atom. The fraction of sp³-hybridized carbons (Fsp3) is 0.238. The number of ether oxygens (including phenoxy) is 2. The van der Waals surface area contributed by atoms with Crippen molar-refractivity contribution in [2.45, 2.75) is 25.4 Å². The lowest BCUT2D eigenvalue weighted by atomic mass is 9.81. The zero-order chi connectivity index (χ0) is 20.5. The maximum absolute atomic E-state index is 12.8. The summed E-state index contributed by atoms with van der Waals surface area (Å²) in [5, 5.41) is 0.294. The molecule has 1 atom stereocenters. The zero-order valence-corrected chi connectivity index (χ0v) is 16.6. The van der Waals surface area contributed by atoms with Crippen LogP contribution in [0.2, 0.25) is 5.02 Å². The predicted octanol–water partition coefficient (Wildman–Crippen LogP) is 4.20. The van der Waals surface area contributed by atoms with Crippen molar-refractivity contribution in [2.24, 2.45) is 5.73 Å². The van der Waals surface area contributed by atoms with Crippen LogP contribution in [0, 0.1) is 0 Å². The number of benzene rings is 2. The predicted molar refractivity (Wildman–Crippen MR) is 107 cm³/mol. The Morgan fingerprint density at radius 1 is 1.11 bits per heavy atom. The molecular weight excluding hydrogens is 380 g/mol. The largest absolute Gasteiger partial charge is 0.471 e. The van der Waals surface area contributed by atoms with Gasteiger partial charge in [0.2, 0.25) is 5.88 Å². The Morgan fingerprint density at radius 2 is 1.71 bits per heavy atom. The minimum atomic E-state index is -0.838. The fourth-order valence-corrected chi connectivity index (χ4v) is 3.71. The summed E-state index contributed by atoms with van der Waals surface area (Å²) in [6.45, 7) is 3.68. The van der Waals surface area contributed by atoms with Crippen molar-refractivity contribution in [3.05, 3.63) is 76.6 Å². The molecule has 0 fully saturated rings. The number of nitrogens with zero attached hydrogens (tertiary/aromatic N) is 1. The highest BCUT2D eigenvalue weighted by Crippen LogP contribution is 2.48. The Bertz CT molecular complexity index is 940. The Hall–Kier alpha value is -2.99. The topological polar surface area (TPSA) is 81.9 Å². The number of carbonyl (C=O) groups is 2. The second-order valence-corrected chi connectivity index (χ2v) is 7.29. The van der Waals surface area contributed by atoms with Crippen LogP contribution < -0.4 is 10.6 Å². The molecular formula is C21H21ClN2O4. The third-order valence-electron chi connectivity index (χ3n) is 4.63. The highest BCUT2D eigenvalue weighted by atomic mass is 35.5. The first kappa shape index (κ1) is 19.8. The van der Waals surface area contributed by atoms with Crippen LogP contribution in [-0.4, -0.2) is 24.7 Å². The van der Waals surface area contributed by atoms with Gasteiger partial charge < -0.3 is 15.2 Å². The van der Waals surface area contributed by atoms with Gasteiger partial charge in [0.25, 0.3) is 0 Å². The first-order valence-electron chi connectivity index (χ1n) is 8.68. The van der Waals surface area contributed by atoms with Crippen LogP contribution in [0.3, 0.4) is 0 Å². The number of para-hydroxylation sites is 1. The second kappa shape index (κ2) is 7.56. The Kier molecular flexibility index (Phi) is 5.34. The van der Waals surface area contributed by atoms with E-state index in [-0.39, 0.29) is 11.5 Å². The molecule has 0 saturated carbocycles. The van der Waals surface area contributed by atoms with E-state index in [0.717, 1.165) is 10.5 Å². The van der Waals surface area contributed by atoms with Crippen LogP contribution >= 0.6 is 11.6 Å². The minimum absolute atomic E-state index is 0.0197. The van der Waals surface area contributed by atoms with Crippen molar-refractivity contribution in [1.82, 2.24) is 0 Å². The second-order valence-electron chi connectivity index (χ2n) is 6.88. The van der Waals surface area contributed by atoms with Crippen LogP contribution in [0.4, 0.5) is 10.5 Å². The summed E-state index contributed by atoms with van der Waals surface area (Å²) in [5.41, 5.74) is 6.19. The van der Waals surface area contributed by atoms with Gasteiger partial charge in [0.05, 0.1) is 23.7 Å². The summed E-state index contributed by atoms with van der Waals surface area (Å²) in [4.78, 5) is 26.3. The Balaban J connectivity index is 2.26. The number of hydrogen-bond donors (Lipinski definition) is 1. The van der Waals surface area contributed by atoms with E-state index in [1.165, 1.54) is 7.11 Å². The van der Waals surface area contributed by atoms with Gasteiger partial charge in [-0.25, -0.2) is 14.5 Å². The van der Waals surface area contributed by atoms with E-state index in [4.69, 9.17) is 26.8 Å². The highest BCUT2D eigenvalue weighted by molar-refractivity contribution is 6.34. The molecule has 2 amide bonds. The summed E-state index contributed by atoms with van der Waals surface area (Å²) in [7, 11) is 1.28. The molecule has 2 aromatic rings. The number of methoxy groups -OCH3 is 1. The quantitative estimate of drug-likeness (QED) is 0.779. The molecule has 0 aromatic heterocycles. The standard InChI is InChI=1S/C21H21ClN2O4/c1-21(2)17(13-9-5-4-6-10-13)16(19(25)27-3)18(28-21)24(20(23)26)15-12-8-7-11-14(15)22/h4-12,17H,1-3H3,(H2,23,26). The average molecular weight is 401 g/mol. The number of esters is 1. The summed E-state index contributed by atoms with van der Waals surface area (Å²) in [6, 6.07) is 15.3. The molecule has 146 valence electrons. The minimum Gasteiger partial charge on any atom is -0.471 e. The van der Waals surface area contributed by atoms with Gasteiger partial charge in [0.1, 0.15) is 11.2 Å². The molecule has 1 unspecified atom stereocenters. The highest BCUT2D eigenvalue weighted by Gasteiger charge is 2.50. The lowest BCUT2D eigenvalue weighted by Gasteiger charge is -2.29. The molecule has 1 aliphatic heterocycles. The molecule has 2 aromatic carbocycles. The van der Waals surface area contributed by atoms with E-state index >= 15 is 0 Å². The molecule has 0 aliphatic carbocycles. The maximum atomic E-state index is 12.8. The number of hydrogen-bond acceptors (Lipinski definition) is 4. The SMILES string of the molecule is COC(=O)C1=C(N(C(N)=O)c2ccccc2Cl)OC(C)(C)C1c1ccccc1. The van der Waals surface area contributed by atoms with E-state index in [1.54, 1.807) is 24.3 Å². The summed E-state index contributed by atoms with van der Waals surface area (Å²) >= 11 is 6.28. The first-order valence-corrected chi connectivity index (χ1v) is 9.06. The molecule has 0 radical (unpaired) electrons. The summed E-state index contributed by atoms with van der Waals surface area (Å²) in [6.07, 6.45) is 0. The van der Waals surface area contributed by atoms with E-state index < -0.39 is 23.5 Å². The molecule has 1 aliphatic rings. The molecule has 0 saturated heterocycles. The van der Waals surface area contributed by atoms with Crippen molar-refractivity contribution in [2.75, 3.05) is 12.0 Å². The number of primary amides is 1. The van der Waals surface area contributed by atoms with Gasteiger partial charge in [-0.3, -0.25) is 0 Å². The fourth-order valence-electron chi connectivity index (χ4n) is 3.49. The van der Waals surface area contributed by atoms with Crippen molar-refractivity contribution >= 4 is 29.3 Å². The normalized spacial score (nSPS) is 17.8. The lowest BCUT2D eigenvalue weighted by molar-refractivity contribution is -0.136. The lowest BCUT2D eigenvalue weighted by Crippen LogP contribution is -2.37. The van der Waals surface area contributed by atoms with Gasteiger partial charge in [-0.1, -0.05) is 54.1 Å². The number of carbonyl (C=O) groups excluding carboxylic acids is 2. The summed E-state index contributed by atoms with van der Waals surface area (Å²) in [5.74, 6) is -1.06. The Labute approximate surface area is 168 Å². The van der Waals surface area contributed by atoms with Crippen molar-refractivity contribution in [3.63, 3.8) is 0 Å². The smallest absolute Gasteiger partial charge is 0.339 e. The van der Waals surface area contributed by atoms with Gasteiger partial charge in [0, 0.05) is 0 Å². The van der Waals surface area contributed by atoms with Gasteiger partial charge in [-0.15, -0.1) is 0 Å². The van der Waals surface area contributed by atoms with Crippen molar-refractivity contribution in [1.29, 1.82) is 0 Å². The number of nitrogens with two attached hydrogens (primary N) is 1. The number of amides is 2. The van der Waals surface area contributed by atoms with Crippen molar-refractivity contribution in [3.8, 4) is 0 Å². The van der Waals surface area contributed by atoms with Crippen LogP contribution in [-0.2, 0) is 14.3 Å². The molecule has 2 N–H and O–H groups in total. The van der Waals surface area contributed by atoms with Gasteiger partial charge in [-0.05, 0) is 31.5 Å². The molecule has 1 heterocycles. The third kappa shape index (κ3) is 3.43. The molecule has 28 heavy (non-hydrogen) atoms. The van der Waals surface area contributed by atoms with Gasteiger partial charge in [-0.2, -0.15) is 0 Å². The number of urea groups is 1. The molecule has 7 heteroatoms. The van der Waals surface area contributed by atoms with Crippen LogP contribution in [0.25, 0.3) is 0 Å².